The van der Waals surface area contributed by atoms with Gasteiger partial charge < -0.3 is 14.3 Å². The van der Waals surface area contributed by atoms with Crippen LogP contribution in [-0.2, 0) is 25.2 Å². The Morgan fingerprint density at radius 3 is 2.08 bits per heavy atom. The number of hydrogen-bond donors (Lipinski definition) is 1. The molecule has 0 radical (unpaired) electrons. The van der Waals surface area contributed by atoms with Gasteiger partial charge in [-0.15, -0.1) is 11.3 Å². The van der Waals surface area contributed by atoms with Crippen LogP contribution in [-0.4, -0.2) is 38.6 Å². The number of aliphatic carboxylic acids is 1. The molecule has 1 heterocycles. The van der Waals surface area contributed by atoms with Crippen molar-refractivity contribution in [2.24, 2.45) is 0 Å². The molecule has 1 N–H and O–H groups in total. The first kappa shape index (κ1) is 29.0. The van der Waals surface area contributed by atoms with E-state index in [1.165, 1.54) is 21.7 Å². The van der Waals surface area contributed by atoms with E-state index in [-0.39, 0.29) is 23.6 Å². The van der Waals surface area contributed by atoms with Crippen molar-refractivity contribution in [1.82, 2.24) is 0 Å². The normalized spacial score (nSPS) is 12.4. The predicted molar refractivity (Wildman–Crippen MR) is 156 cm³/mol. The molecular weight excluding hydrogens is 568 g/mol. The standard InChI is InChI=1S/C29H33BrO5SSi/c1-5-34-28(33)22(20-26(31)32)19-23-18-21(27(30)36-23)16-17-35-37(29(2,3)4,24-12-8-6-9-13-24)25-14-10-7-11-15-25/h6-15,18-19H,5,16-17,20H2,1-4H3,(H,31,32)/b22-19-. The van der Waals surface area contributed by atoms with Gasteiger partial charge in [-0.2, -0.15) is 0 Å². The Kier molecular flexibility index (Phi) is 10.1. The fourth-order valence-electron chi connectivity index (χ4n) is 4.48. The number of thiophene rings is 1. The lowest BCUT2D eigenvalue weighted by Crippen LogP contribution is -2.66. The molecular formula is C29H33BrO5SSi. The van der Waals surface area contributed by atoms with E-state index < -0.39 is 20.3 Å². The number of hydrogen-bond acceptors (Lipinski definition) is 5. The van der Waals surface area contributed by atoms with Crippen LogP contribution in [0.25, 0.3) is 6.08 Å². The van der Waals surface area contributed by atoms with Gasteiger partial charge in [0.2, 0.25) is 0 Å². The molecule has 1 aromatic heterocycles. The molecule has 0 saturated carbocycles. The molecule has 0 spiro atoms. The predicted octanol–water partition coefficient (Wildman–Crippen LogP) is 6.05. The average molecular weight is 602 g/mol. The summed E-state index contributed by atoms with van der Waals surface area (Å²) < 4.78 is 13.0. The quantitative estimate of drug-likeness (QED) is 0.165. The Hall–Kier alpha value is -2.52. The molecule has 196 valence electrons. The van der Waals surface area contributed by atoms with Gasteiger partial charge in [-0.05, 0) is 62.4 Å². The maximum Gasteiger partial charge on any atom is 0.334 e. The van der Waals surface area contributed by atoms with Crippen LogP contribution < -0.4 is 10.4 Å². The van der Waals surface area contributed by atoms with Gasteiger partial charge in [-0.1, -0.05) is 81.4 Å². The van der Waals surface area contributed by atoms with Crippen LogP contribution in [0.5, 0.6) is 0 Å². The zero-order chi connectivity index (χ0) is 27.1. The lowest BCUT2D eigenvalue weighted by Gasteiger charge is -2.43. The molecule has 0 aliphatic heterocycles. The summed E-state index contributed by atoms with van der Waals surface area (Å²) in [6, 6.07) is 23.0. The van der Waals surface area contributed by atoms with Gasteiger partial charge in [-0.3, -0.25) is 4.79 Å². The van der Waals surface area contributed by atoms with E-state index in [1.54, 1.807) is 13.0 Å². The summed E-state index contributed by atoms with van der Waals surface area (Å²) in [7, 11) is -2.63. The third-order valence-electron chi connectivity index (χ3n) is 6.08. The third kappa shape index (κ3) is 7.07. The molecule has 0 amide bonds. The summed E-state index contributed by atoms with van der Waals surface area (Å²) in [6.45, 7) is 9.16. The zero-order valence-corrected chi connectivity index (χ0v) is 25.0. The second-order valence-electron chi connectivity index (χ2n) is 9.67. The summed E-state index contributed by atoms with van der Waals surface area (Å²) in [6.07, 6.45) is 1.89. The van der Waals surface area contributed by atoms with Gasteiger partial charge in [0, 0.05) is 17.1 Å². The van der Waals surface area contributed by atoms with Gasteiger partial charge in [0.1, 0.15) is 0 Å². The second-order valence-corrected chi connectivity index (χ2v) is 16.4. The van der Waals surface area contributed by atoms with E-state index in [0.29, 0.717) is 13.0 Å². The third-order valence-corrected chi connectivity index (χ3v) is 13.0. The van der Waals surface area contributed by atoms with Gasteiger partial charge in [-0.25, -0.2) is 4.79 Å². The molecule has 0 saturated heterocycles. The number of carboxylic acid groups (broad SMARTS) is 1. The Balaban J connectivity index is 1.89. The molecule has 0 fully saturated rings. The number of carboxylic acids is 1. The molecule has 37 heavy (non-hydrogen) atoms. The van der Waals surface area contributed by atoms with Crippen molar-refractivity contribution in [3.05, 3.63) is 86.5 Å². The van der Waals surface area contributed by atoms with E-state index in [0.717, 1.165) is 14.2 Å². The maximum atomic E-state index is 12.2. The first-order chi connectivity index (χ1) is 17.6. The first-order valence-corrected chi connectivity index (χ1v) is 15.7. The summed E-state index contributed by atoms with van der Waals surface area (Å²) in [5, 5.41) is 11.6. The highest BCUT2D eigenvalue weighted by Gasteiger charge is 2.50. The van der Waals surface area contributed by atoms with Crippen molar-refractivity contribution in [2.45, 2.75) is 45.6 Å². The second kappa shape index (κ2) is 12.8. The van der Waals surface area contributed by atoms with E-state index in [2.05, 4.69) is 85.2 Å². The number of esters is 1. The van der Waals surface area contributed by atoms with Gasteiger partial charge >= 0.3 is 11.9 Å². The van der Waals surface area contributed by atoms with E-state index >= 15 is 0 Å². The molecule has 2 aromatic carbocycles. The van der Waals surface area contributed by atoms with Gasteiger partial charge in [0.25, 0.3) is 8.32 Å². The van der Waals surface area contributed by atoms with Crippen LogP contribution in [0.1, 0.15) is 44.6 Å². The van der Waals surface area contributed by atoms with E-state index in [1.807, 2.05) is 18.2 Å². The number of halogens is 1. The lowest BCUT2D eigenvalue weighted by atomic mass is 10.1. The number of carbonyl (C=O) groups is 2. The molecule has 5 nitrogen and oxygen atoms in total. The zero-order valence-electron chi connectivity index (χ0n) is 21.6. The van der Waals surface area contributed by atoms with E-state index in [9.17, 15) is 14.7 Å². The van der Waals surface area contributed by atoms with Crippen molar-refractivity contribution < 1.29 is 23.9 Å². The SMILES string of the molecule is CCOC(=O)/C(=C\c1cc(CCO[Si](c2ccccc2)(c2ccccc2)C(C)(C)C)c(Br)s1)CC(=O)O. The van der Waals surface area contributed by atoms with Crippen LogP contribution in [0, 0.1) is 0 Å². The Morgan fingerprint density at radius 2 is 1.59 bits per heavy atom. The van der Waals surface area contributed by atoms with Crippen LogP contribution in [0.4, 0.5) is 0 Å². The monoisotopic (exact) mass is 600 g/mol. The molecule has 3 aromatic rings. The molecule has 0 unspecified atom stereocenters. The summed E-state index contributed by atoms with van der Waals surface area (Å²) in [5.74, 6) is -1.68. The summed E-state index contributed by atoms with van der Waals surface area (Å²) in [5.41, 5.74) is 1.17. The smallest absolute Gasteiger partial charge is 0.334 e. The fourth-order valence-corrected chi connectivity index (χ4v) is 10.8. The first-order valence-electron chi connectivity index (χ1n) is 12.2. The van der Waals surface area contributed by atoms with Crippen LogP contribution in [0.15, 0.2) is 76.1 Å². The minimum Gasteiger partial charge on any atom is -0.481 e. The Morgan fingerprint density at radius 1 is 1.03 bits per heavy atom. The fraction of sp³-hybridized carbons (Fsp3) is 0.310. The molecule has 3 rings (SSSR count). The number of benzene rings is 2. The van der Waals surface area contributed by atoms with Crippen molar-refractivity contribution in [2.75, 3.05) is 13.2 Å². The van der Waals surface area contributed by atoms with Crippen LogP contribution in [0.2, 0.25) is 5.04 Å². The average Bonchev–Trinajstić information content (AvgIpc) is 3.20. The summed E-state index contributed by atoms with van der Waals surface area (Å²) in [4.78, 5) is 24.3. The van der Waals surface area contributed by atoms with Crippen LogP contribution in [0.3, 0.4) is 0 Å². The molecule has 8 heteroatoms. The minimum atomic E-state index is -2.63. The van der Waals surface area contributed by atoms with Crippen molar-refractivity contribution >= 4 is 64.0 Å². The van der Waals surface area contributed by atoms with Crippen molar-refractivity contribution in [3.63, 3.8) is 0 Å². The molecule has 0 bridgehead atoms. The largest absolute Gasteiger partial charge is 0.481 e. The van der Waals surface area contributed by atoms with Gasteiger partial charge in [0.15, 0.2) is 0 Å². The highest BCUT2D eigenvalue weighted by Crippen LogP contribution is 2.37. The van der Waals surface area contributed by atoms with Gasteiger partial charge in [0.05, 0.1) is 16.8 Å². The topological polar surface area (TPSA) is 72.8 Å². The number of ether oxygens (including phenoxy) is 1. The molecule has 0 atom stereocenters. The molecule has 0 aliphatic rings. The van der Waals surface area contributed by atoms with Crippen LogP contribution >= 0.6 is 27.3 Å². The van der Waals surface area contributed by atoms with Crippen molar-refractivity contribution in [3.8, 4) is 0 Å². The Bertz CT molecular complexity index is 1190. The summed E-state index contributed by atoms with van der Waals surface area (Å²) >= 11 is 5.11. The van der Waals surface area contributed by atoms with Crippen molar-refractivity contribution in [1.29, 1.82) is 0 Å². The minimum absolute atomic E-state index is 0.110. The maximum absolute atomic E-state index is 12.2. The molecule has 0 aliphatic carbocycles. The lowest BCUT2D eigenvalue weighted by molar-refractivity contribution is -0.142. The highest BCUT2D eigenvalue weighted by atomic mass is 79.9. The number of rotatable bonds is 11. The van der Waals surface area contributed by atoms with E-state index in [4.69, 9.17) is 9.16 Å². The Labute approximate surface area is 232 Å². The number of carbonyl (C=O) groups excluding carboxylic acids is 1. The highest BCUT2D eigenvalue weighted by molar-refractivity contribution is 9.11.